The highest BCUT2D eigenvalue weighted by Gasteiger charge is 2.16. The van der Waals surface area contributed by atoms with Crippen LogP contribution in [-0.4, -0.2) is 53.1 Å². The summed E-state index contributed by atoms with van der Waals surface area (Å²) >= 11 is 0. The average Bonchev–Trinajstić information content (AvgIpc) is 2.82. The fourth-order valence-corrected chi connectivity index (χ4v) is 2.03. The van der Waals surface area contributed by atoms with Gasteiger partial charge in [-0.15, -0.1) is 0 Å². The molecule has 0 saturated heterocycles. The van der Waals surface area contributed by atoms with Crippen molar-refractivity contribution >= 4 is 17.1 Å². The van der Waals surface area contributed by atoms with Crippen LogP contribution in [0.2, 0.25) is 0 Å². The molecule has 0 spiro atoms. The zero-order chi connectivity index (χ0) is 15.4. The lowest BCUT2D eigenvalue weighted by Crippen LogP contribution is -2.29. The number of nitrogens with one attached hydrogen (secondary N) is 2. The first-order valence-electron chi connectivity index (χ1n) is 6.51. The second-order valence-corrected chi connectivity index (χ2v) is 4.49. The van der Waals surface area contributed by atoms with Crippen molar-refractivity contribution in [3.8, 4) is 0 Å². The van der Waals surface area contributed by atoms with Crippen molar-refractivity contribution in [1.29, 1.82) is 0 Å². The zero-order valence-electron chi connectivity index (χ0n) is 12.3. The van der Waals surface area contributed by atoms with Gasteiger partial charge in [0.1, 0.15) is 0 Å². The van der Waals surface area contributed by atoms with E-state index in [2.05, 4.69) is 15.3 Å². The Bertz CT molecular complexity index is 730. The van der Waals surface area contributed by atoms with E-state index in [1.807, 2.05) is 0 Å². The van der Waals surface area contributed by atoms with Crippen molar-refractivity contribution in [1.82, 2.24) is 19.1 Å². The molecular weight excluding hydrogens is 278 g/mol. The molecule has 9 nitrogen and oxygen atoms in total. The summed E-state index contributed by atoms with van der Waals surface area (Å²) in [6.07, 6.45) is 0. The largest absolute Gasteiger partial charge is 0.383 e. The van der Waals surface area contributed by atoms with E-state index in [-0.39, 0.29) is 0 Å². The summed E-state index contributed by atoms with van der Waals surface area (Å²) in [5.41, 5.74) is -0.280. The van der Waals surface area contributed by atoms with Crippen LogP contribution < -0.4 is 16.6 Å². The minimum Gasteiger partial charge on any atom is -0.383 e. The highest BCUT2D eigenvalue weighted by atomic mass is 16.5. The first-order chi connectivity index (χ1) is 10.1. The molecule has 0 aliphatic carbocycles. The van der Waals surface area contributed by atoms with Gasteiger partial charge in [-0.05, 0) is 0 Å². The number of aromatic amines is 1. The van der Waals surface area contributed by atoms with Gasteiger partial charge in [0.05, 0.1) is 13.2 Å². The molecule has 2 aromatic rings. The Hall–Kier alpha value is -2.13. The number of hydrogen-bond acceptors (Lipinski definition) is 6. The molecule has 0 aliphatic rings. The van der Waals surface area contributed by atoms with Crippen LogP contribution in [0.4, 0.5) is 5.95 Å². The van der Waals surface area contributed by atoms with Gasteiger partial charge < -0.3 is 19.4 Å². The molecule has 2 rings (SSSR count). The maximum Gasteiger partial charge on any atom is 0.329 e. The van der Waals surface area contributed by atoms with E-state index in [1.54, 1.807) is 25.8 Å². The van der Waals surface area contributed by atoms with Crippen LogP contribution in [0, 0.1) is 0 Å². The number of H-pyrrole nitrogens is 1. The molecule has 0 unspecified atom stereocenters. The van der Waals surface area contributed by atoms with Crippen LogP contribution >= 0.6 is 0 Å². The fourth-order valence-electron chi connectivity index (χ4n) is 2.03. The van der Waals surface area contributed by atoms with Gasteiger partial charge >= 0.3 is 5.69 Å². The van der Waals surface area contributed by atoms with Crippen molar-refractivity contribution in [2.24, 2.45) is 7.05 Å². The molecule has 0 amide bonds. The number of anilines is 1. The van der Waals surface area contributed by atoms with Crippen LogP contribution in [0.5, 0.6) is 0 Å². The summed E-state index contributed by atoms with van der Waals surface area (Å²) in [5, 5.41) is 3.09. The first-order valence-corrected chi connectivity index (χ1v) is 6.51. The Morgan fingerprint density at radius 2 is 1.95 bits per heavy atom. The molecule has 0 bridgehead atoms. The maximum absolute atomic E-state index is 12.1. The predicted octanol–water partition coefficient (Wildman–Crippen LogP) is -0.872. The van der Waals surface area contributed by atoms with E-state index in [0.717, 1.165) is 0 Å². The average molecular weight is 297 g/mol. The molecule has 0 aromatic carbocycles. The Kier molecular flexibility index (Phi) is 4.76. The van der Waals surface area contributed by atoms with E-state index in [0.29, 0.717) is 43.4 Å². The number of aryl methyl sites for hydroxylation is 1. The number of methoxy groups -OCH3 is 2. The van der Waals surface area contributed by atoms with Crippen LogP contribution in [0.1, 0.15) is 0 Å². The normalized spacial score (nSPS) is 11.2. The van der Waals surface area contributed by atoms with Crippen LogP contribution in [0.3, 0.4) is 0 Å². The third kappa shape index (κ3) is 2.98. The first kappa shape index (κ1) is 15.3. The number of aromatic nitrogens is 4. The standard InChI is InChI=1S/C12H19N5O4/c1-16-9-8(10(18)15-12(16)19)17(5-7-21-3)11(14-9)13-4-6-20-2/h4-7H2,1-3H3,(H,13,14)(H,15,18,19). The van der Waals surface area contributed by atoms with Gasteiger partial charge in [0.2, 0.25) is 5.95 Å². The van der Waals surface area contributed by atoms with Crippen molar-refractivity contribution in [3.63, 3.8) is 0 Å². The zero-order valence-corrected chi connectivity index (χ0v) is 12.3. The predicted molar refractivity (Wildman–Crippen MR) is 77.8 cm³/mol. The van der Waals surface area contributed by atoms with Gasteiger partial charge in [-0.25, -0.2) is 4.79 Å². The number of imidazole rings is 1. The van der Waals surface area contributed by atoms with Gasteiger partial charge in [-0.1, -0.05) is 0 Å². The van der Waals surface area contributed by atoms with Gasteiger partial charge in [0.25, 0.3) is 5.56 Å². The van der Waals surface area contributed by atoms with Crippen LogP contribution in [0.15, 0.2) is 9.59 Å². The summed E-state index contributed by atoms with van der Waals surface area (Å²) in [6.45, 7) is 1.91. The topological polar surface area (TPSA) is 103 Å². The van der Waals surface area contributed by atoms with Crippen molar-refractivity contribution < 1.29 is 9.47 Å². The smallest absolute Gasteiger partial charge is 0.329 e. The van der Waals surface area contributed by atoms with E-state index in [1.165, 1.54) is 4.57 Å². The SMILES string of the molecule is COCCNc1nc2c(c(=O)[nH]c(=O)n2C)n1CCOC. The number of hydrogen-bond donors (Lipinski definition) is 2. The van der Waals surface area contributed by atoms with Crippen molar-refractivity contribution in [2.75, 3.05) is 39.3 Å². The molecule has 0 atom stereocenters. The number of fused-ring (bicyclic) bond motifs is 1. The molecule has 0 fully saturated rings. The summed E-state index contributed by atoms with van der Waals surface area (Å²) in [5.74, 6) is 0.505. The highest BCUT2D eigenvalue weighted by Crippen LogP contribution is 2.14. The Morgan fingerprint density at radius 1 is 1.24 bits per heavy atom. The lowest BCUT2D eigenvalue weighted by Gasteiger charge is -2.09. The third-order valence-electron chi connectivity index (χ3n) is 3.12. The molecule has 0 radical (unpaired) electrons. The number of ether oxygens (including phenoxy) is 2. The second-order valence-electron chi connectivity index (χ2n) is 4.49. The van der Waals surface area contributed by atoms with Gasteiger partial charge in [0, 0.05) is 34.4 Å². The molecule has 2 aromatic heterocycles. The van der Waals surface area contributed by atoms with Gasteiger partial charge in [0.15, 0.2) is 11.2 Å². The number of nitrogens with zero attached hydrogens (tertiary/aromatic N) is 3. The quantitative estimate of drug-likeness (QED) is 0.644. The van der Waals surface area contributed by atoms with Crippen molar-refractivity contribution in [3.05, 3.63) is 20.8 Å². The van der Waals surface area contributed by atoms with E-state index in [9.17, 15) is 9.59 Å². The summed E-state index contributed by atoms with van der Waals surface area (Å²) in [7, 11) is 4.74. The molecule has 116 valence electrons. The second kappa shape index (κ2) is 6.55. The molecule has 0 aliphatic heterocycles. The molecule has 2 N–H and O–H groups in total. The van der Waals surface area contributed by atoms with E-state index in [4.69, 9.17) is 9.47 Å². The summed E-state index contributed by atoms with van der Waals surface area (Å²) in [4.78, 5) is 30.3. The van der Waals surface area contributed by atoms with E-state index >= 15 is 0 Å². The summed E-state index contributed by atoms with van der Waals surface area (Å²) in [6, 6.07) is 0. The lowest BCUT2D eigenvalue weighted by atomic mass is 10.5. The Morgan fingerprint density at radius 3 is 2.62 bits per heavy atom. The minimum absolute atomic E-state index is 0.333. The monoisotopic (exact) mass is 297 g/mol. The maximum atomic E-state index is 12.1. The van der Waals surface area contributed by atoms with Crippen LogP contribution in [-0.2, 0) is 23.1 Å². The third-order valence-corrected chi connectivity index (χ3v) is 3.12. The molecule has 9 heteroatoms. The number of rotatable bonds is 7. The Labute approximate surface area is 120 Å². The van der Waals surface area contributed by atoms with Crippen LogP contribution in [0.25, 0.3) is 11.2 Å². The van der Waals surface area contributed by atoms with Crippen molar-refractivity contribution in [2.45, 2.75) is 6.54 Å². The Balaban J connectivity index is 2.55. The molecule has 2 heterocycles. The van der Waals surface area contributed by atoms with Gasteiger partial charge in [-0.3, -0.25) is 14.3 Å². The van der Waals surface area contributed by atoms with E-state index < -0.39 is 11.2 Å². The molecule has 21 heavy (non-hydrogen) atoms. The minimum atomic E-state index is -0.493. The molecular formula is C12H19N5O4. The summed E-state index contributed by atoms with van der Waals surface area (Å²) < 4.78 is 13.0. The lowest BCUT2D eigenvalue weighted by molar-refractivity contribution is 0.188. The van der Waals surface area contributed by atoms with Gasteiger partial charge in [-0.2, -0.15) is 4.98 Å². The molecule has 0 saturated carbocycles. The highest BCUT2D eigenvalue weighted by molar-refractivity contribution is 5.74. The fraction of sp³-hybridized carbons (Fsp3) is 0.583.